The predicted octanol–water partition coefficient (Wildman–Crippen LogP) is 2.84. The van der Waals surface area contributed by atoms with E-state index in [9.17, 15) is 4.79 Å². The molecule has 1 amide bonds. The van der Waals surface area contributed by atoms with Gasteiger partial charge < -0.3 is 9.74 Å². The van der Waals surface area contributed by atoms with E-state index in [0.717, 1.165) is 18.1 Å². The Morgan fingerprint density at radius 3 is 2.18 bits per heavy atom. The minimum atomic E-state index is -1.67. The molecule has 1 N–H and O–H groups in total. The molecule has 1 heterocycles. The maximum atomic E-state index is 11.6. The second-order valence-electron chi connectivity index (χ2n) is 5.06. The van der Waals surface area contributed by atoms with E-state index < -0.39 is 8.32 Å². The third-order valence-electron chi connectivity index (χ3n) is 3.72. The standard InChI is InChI=1S/C13H25NO2Si/c1-6-17(7-2,8-3)16-12-11(9-10(4)5)14-13(12)15/h9,11-12H,6-8H2,1-5H3,(H,14,15)/t11-,12+/m0/s1. The summed E-state index contributed by atoms with van der Waals surface area (Å²) in [4.78, 5) is 11.6. The van der Waals surface area contributed by atoms with Gasteiger partial charge in [0.1, 0.15) is 6.10 Å². The summed E-state index contributed by atoms with van der Waals surface area (Å²) in [5.41, 5.74) is 1.22. The van der Waals surface area contributed by atoms with Crippen LogP contribution in [0.3, 0.4) is 0 Å². The largest absolute Gasteiger partial charge is 0.403 e. The summed E-state index contributed by atoms with van der Waals surface area (Å²) < 4.78 is 6.23. The van der Waals surface area contributed by atoms with E-state index in [0.29, 0.717) is 0 Å². The Labute approximate surface area is 106 Å². The van der Waals surface area contributed by atoms with Gasteiger partial charge in [-0.05, 0) is 32.0 Å². The fraction of sp³-hybridized carbons (Fsp3) is 0.769. The molecule has 0 radical (unpaired) electrons. The molecule has 1 aliphatic rings. The molecule has 98 valence electrons. The van der Waals surface area contributed by atoms with Crippen molar-refractivity contribution in [2.75, 3.05) is 0 Å². The molecule has 1 fully saturated rings. The van der Waals surface area contributed by atoms with E-state index in [-0.39, 0.29) is 18.1 Å². The number of nitrogens with one attached hydrogen (secondary N) is 1. The van der Waals surface area contributed by atoms with Gasteiger partial charge in [0, 0.05) is 0 Å². The Bertz CT molecular complexity index is 298. The van der Waals surface area contributed by atoms with E-state index in [1.54, 1.807) is 0 Å². The normalized spacial score (nSPS) is 23.9. The maximum absolute atomic E-state index is 11.6. The molecule has 2 atom stereocenters. The van der Waals surface area contributed by atoms with Gasteiger partial charge in [-0.2, -0.15) is 0 Å². The van der Waals surface area contributed by atoms with E-state index >= 15 is 0 Å². The Morgan fingerprint density at radius 1 is 1.29 bits per heavy atom. The molecule has 17 heavy (non-hydrogen) atoms. The SMILES string of the molecule is CC[Si](CC)(CC)O[C@H]1C(=O)N[C@H]1C=C(C)C. The van der Waals surface area contributed by atoms with Gasteiger partial charge in [-0.3, -0.25) is 4.79 Å². The first kappa shape index (κ1) is 14.4. The van der Waals surface area contributed by atoms with Crippen LogP contribution in [0.2, 0.25) is 18.1 Å². The van der Waals surface area contributed by atoms with Crippen molar-refractivity contribution in [3.63, 3.8) is 0 Å². The van der Waals surface area contributed by atoms with Crippen LogP contribution in [-0.4, -0.2) is 26.4 Å². The van der Waals surface area contributed by atoms with Crippen molar-refractivity contribution in [3.05, 3.63) is 11.6 Å². The fourth-order valence-corrected chi connectivity index (χ4v) is 5.07. The predicted molar refractivity (Wildman–Crippen MR) is 73.4 cm³/mol. The van der Waals surface area contributed by atoms with Gasteiger partial charge in [-0.1, -0.05) is 32.4 Å². The zero-order valence-corrected chi connectivity index (χ0v) is 12.7. The summed E-state index contributed by atoms with van der Waals surface area (Å²) in [5, 5.41) is 2.90. The van der Waals surface area contributed by atoms with Crippen LogP contribution in [-0.2, 0) is 9.22 Å². The molecule has 0 aromatic rings. The van der Waals surface area contributed by atoms with Crippen molar-refractivity contribution >= 4 is 14.2 Å². The van der Waals surface area contributed by atoms with Crippen molar-refractivity contribution in [2.24, 2.45) is 0 Å². The number of carbonyl (C=O) groups is 1. The lowest BCUT2D eigenvalue weighted by atomic mass is 10.0. The molecule has 1 rings (SSSR count). The molecular weight excluding hydrogens is 230 g/mol. The van der Waals surface area contributed by atoms with Gasteiger partial charge in [0.05, 0.1) is 6.04 Å². The fourth-order valence-electron chi connectivity index (χ4n) is 2.27. The zero-order valence-electron chi connectivity index (χ0n) is 11.7. The molecule has 1 saturated heterocycles. The molecule has 0 aliphatic carbocycles. The molecule has 0 bridgehead atoms. The highest BCUT2D eigenvalue weighted by atomic mass is 28.4. The summed E-state index contributed by atoms with van der Waals surface area (Å²) in [5.74, 6) is 0.0553. The summed E-state index contributed by atoms with van der Waals surface area (Å²) in [7, 11) is -1.67. The van der Waals surface area contributed by atoms with E-state index in [2.05, 4.69) is 32.2 Å². The second kappa shape index (κ2) is 5.82. The van der Waals surface area contributed by atoms with Crippen LogP contribution in [0, 0.1) is 0 Å². The summed E-state index contributed by atoms with van der Waals surface area (Å²) in [6.07, 6.45) is 1.85. The average molecular weight is 255 g/mol. The van der Waals surface area contributed by atoms with Gasteiger partial charge in [0.25, 0.3) is 5.91 Å². The lowest BCUT2D eigenvalue weighted by Gasteiger charge is -2.41. The zero-order chi connectivity index (χ0) is 13.1. The molecule has 1 aliphatic heterocycles. The molecule has 0 spiro atoms. The van der Waals surface area contributed by atoms with Gasteiger partial charge in [0.15, 0.2) is 8.32 Å². The van der Waals surface area contributed by atoms with Gasteiger partial charge >= 0.3 is 0 Å². The van der Waals surface area contributed by atoms with Gasteiger partial charge in [-0.15, -0.1) is 0 Å². The highest BCUT2D eigenvalue weighted by molar-refractivity contribution is 6.73. The number of hydrogen-bond acceptors (Lipinski definition) is 2. The first-order valence-electron chi connectivity index (χ1n) is 6.61. The molecular formula is C13H25NO2Si. The smallest absolute Gasteiger partial charge is 0.250 e. The second-order valence-corrected chi connectivity index (χ2v) is 9.78. The van der Waals surface area contributed by atoms with Crippen LogP contribution in [0.25, 0.3) is 0 Å². The molecule has 0 aromatic heterocycles. The van der Waals surface area contributed by atoms with Crippen molar-refractivity contribution < 1.29 is 9.22 Å². The van der Waals surface area contributed by atoms with Crippen LogP contribution in [0.15, 0.2) is 11.6 Å². The summed E-state index contributed by atoms with van der Waals surface area (Å²) in [6.45, 7) is 10.7. The monoisotopic (exact) mass is 255 g/mol. The van der Waals surface area contributed by atoms with Crippen LogP contribution >= 0.6 is 0 Å². The minimum absolute atomic E-state index is 0.0553. The number of hydrogen-bond donors (Lipinski definition) is 1. The van der Waals surface area contributed by atoms with Gasteiger partial charge in [0.2, 0.25) is 0 Å². The summed E-state index contributed by atoms with van der Waals surface area (Å²) >= 11 is 0. The molecule has 0 saturated carbocycles. The average Bonchev–Trinajstić information content (AvgIpc) is 2.30. The number of β-lactam (4-membered cyclic amide) rings is 1. The van der Waals surface area contributed by atoms with Crippen molar-refractivity contribution in [1.29, 1.82) is 0 Å². The summed E-state index contributed by atoms with van der Waals surface area (Å²) in [6, 6.07) is 3.35. The minimum Gasteiger partial charge on any atom is -0.403 e. The lowest BCUT2D eigenvalue weighted by molar-refractivity contribution is -0.138. The number of amides is 1. The van der Waals surface area contributed by atoms with Gasteiger partial charge in [-0.25, -0.2) is 0 Å². The number of rotatable bonds is 6. The van der Waals surface area contributed by atoms with Crippen molar-refractivity contribution in [1.82, 2.24) is 5.32 Å². The molecule has 3 nitrogen and oxygen atoms in total. The first-order valence-corrected chi connectivity index (χ1v) is 9.14. The lowest BCUT2D eigenvalue weighted by Crippen LogP contribution is -2.65. The first-order chi connectivity index (χ1) is 7.98. The van der Waals surface area contributed by atoms with Crippen molar-refractivity contribution in [3.8, 4) is 0 Å². The van der Waals surface area contributed by atoms with E-state index in [4.69, 9.17) is 4.43 Å². The van der Waals surface area contributed by atoms with Crippen LogP contribution < -0.4 is 5.32 Å². The van der Waals surface area contributed by atoms with E-state index in [1.165, 1.54) is 5.57 Å². The maximum Gasteiger partial charge on any atom is 0.250 e. The van der Waals surface area contributed by atoms with Crippen LogP contribution in [0.5, 0.6) is 0 Å². The third-order valence-corrected chi connectivity index (χ3v) is 8.34. The van der Waals surface area contributed by atoms with Crippen LogP contribution in [0.4, 0.5) is 0 Å². The Kier molecular flexibility index (Phi) is 4.95. The number of allylic oxidation sites excluding steroid dienone is 1. The van der Waals surface area contributed by atoms with E-state index in [1.807, 2.05) is 13.8 Å². The van der Waals surface area contributed by atoms with Crippen molar-refractivity contribution in [2.45, 2.75) is 64.9 Å². The quantitative estimate of drug-likeness (QED) is 0.450. The number of carbonyl (C=O) groups excluding carboxylic acids is 1. The topological polar surface area (TPSA) is 38.3 Å². The molecule has 0 aromatic carbocycles. The Hall–Kier alpha value is -0.613. The highest BCUT2D eigenvalue weighted by Gasteiger charge is 2.44. The Morgan fingerprint density at radius 2 is 1.82 bits per heavy atom. The third kappa shape index (κ3) is 3.19. The van der Waals surface area contributed by atoms with Crippen LogP contribution in [0.1, 0.15) is 34.6 Å². The highest BCUT2D eigenvalue weighted by Crippen LogP contribution is 2.27. The molecule has 4 heteroatoms. The Balaban J connectivity index is 2.71. The molecule has 0 unspecified atom stereocenters.